The van der Waals surface area contributed by atoms with Crippen molar-refractivity contribution in [2.75, 3.05) is 19.3 Å². The minimum absolute atomic E-state index is 0.0787. The summed E-state index contributed by atoms with van der Waals surface area (Å²) in [6.45, 7) is 3.75. The van der Waals surface area contributed by atoms with Gasteiger partial charge in [0.25, 0.3) is 5.91 Å². The maximum absolute atomic E-state index is 12.7. The summed E-state index contributed by atoms with van der Waals surface area (Å²) in [5.41, 5.74) is 5.64. The van der Waals surface area contributed by atoms with Crippen LogP contribution in [0.2, 0.25) is 0 Å². The Morgan fingerprint density at radius 2 is 1.64 bits per heavy atom. The van der Waals surface area contributed by atoms with Crippen molar-refractivity contribution < 1.29 is 13.2 Å². The summed E-state index contributed by atoms with van der Waals surface area (Å²) in [6.07, 6.45) is 3.77. The molecule has 0 aromatic heterocycles. The maximum Gasteiger partial charge on any atom is 0.251 e. The molecule has 3 aromatic carbocycles. The Labute approximate surface area is 196 Å². The fourth-order valence-corrected chi connectivity index (χ4v) is 5.11. The van der Waals surface area contributed by atoms with Gasteiger partial charge in [0.1, 0.15) is 0 Å². The van der Waals surface area contributed by atoms with E-state index in [1.165, 1.54) is 37.8 Å². The van der Waals surface area contributed by atoms with E-state index < -0.39 is 9.84 Å². The highest BCUT2D eigenvalue weighted by Gasteiger charge is 2.13. The van der Waals surface area contributed by atoms with Crippen LogP contribution >= 0.6 is 0 Å². The molecule has 1 aliphatic heterocycles. The van der Waals surface area contributed by atoms with Crippen LogP contribution in [0.4, 0.5) is 0 Å². The summed E-state index contributed by atoms with van der Waals surface area (Å²) < 4.78 is 23.1. The van der Waals surface area contributed by atoms with Gasteiger partial charge < -0.3 is 5.32 Å². The zero-order valence-corrected chi connectivity index (χ0v) is 19.8. The lowest BCUT2D eigenvalue weighted by atomic mass is 9.98. The average molecular weight is 463 g/mol. The first-order valence-corrected chi connectivity index (χ1v) is 13.4. The number of rotatable bonds is 8. The second-order valence-corrected chi connectivity index (χ2v) is 10.9. The lowest BCUT2D eigenvalue weighted by Gasteiger charge is -2.15. The van der Waals surface area contributed by atoms with Crippen molar-refractivity contribution in [3.63, 3.8) is 0 Å². The Kier molecular flexibility index (Phi) is 7.26. The number of amides is 1. The molecule has 0 aliphatic carbocycles. The zero-order valence-electron chi connectivity index (χ0n) is 19.0. The third-order valence-electron chi connectivity index (χ3n) is 5.94. The molecule has 3 aromatic rings. The Morgan fingerprint density at radius 1 is 0.909 bits per heavy atom. The molecular formula is C27H30N2O3S. The molecule has 0 unspecified atom stereocenters. The fraction of sp³-hybridized carbons (Fsp3) is 0.296. The van der Waals surface area contributed by atoms with E-state index in [9.17, 15) is 13.2 Å². The molecule has 0 saturated carbocycles. The van der Waals surface area contributed by atoms with E-state index >= 15 is 0 Å². The van der Waals surface area contributed by atoms with Crippen molar-refractivity contribution >= 4 is 15.7 Å². The molecule has 1 amide bonds. The number of sulfone groups is 1. The van der Waals surface area contributed by atoms with E-state index in [4.69, 9.17) is 0 Å². The molecule has 0 bridgehead atoms. The molecule has 0 spiro atoms. The molecule has 0 atom stereocenters. The maximum atomic E-state index is 12.7. The van der Waals surface area contributed by atoms with Gasteiger partial charge in [0.05, 0.1) is 5.75 Å². The van der Waals surface area contributed by atoms with Crippen LogP contribution in [0, 0.1) is 0 Å². The summed E-state index contributed by atoms with van der Waals surface area (Å²) in [5.74, 6) is -0.300. The molecule has 4 rings (SSSR count). The van der Waals surface area contributed by atoms with Gasteiger partial charge in [0.15, 0.2) is 9.84 Å². The molecular weight excluding hydrogens is 432 g/mol. The van der Waals surface area contributed by atoms with E-state index in [0.717, 1.165) is 23.2 Å². The number of benzene rings is 3. The van der Waals surface area contributed by atoms with E-state index in [1.807, 2.05) is 18.2 Å². The molecule has 1 fully saturated rings. The summed E-state index contributed by atoms with van der Waals surface area (Å²) >= 11 is 0. The number of carbonyl (C=O) groups is 1. The van der Waals surface area contributed by atoms with Crippen LogP contribution in [-0.4, -0.2) is 38.6 Å². The molecule has 0 radical (unpaired) electrons. The second kappa shape index (κ2) is 10.3. The fourth-order valence-electron chi connectivity index (χ4n) is 4.33. The standard InChI is InChI=1S/C27H30N2O3S/c1-33(31,32)20-22-7-6-9-24(17-22)27(30)28-18-25-8-2-3-10-26(25)23-13-11-21(12-14-23)19-29-15-4-5-16-29/h2-3,6-14,17H,4-5,15-16,18-20H2,1H3,(H,28,30). The van der Waals surface area contributed by atoms with Gasteiger partial charge in [0.2, 0.25) is 0 Å². The summed E-state index contributed by atoms with van der Waals surface area (Å²) in [4.78, 5) is 15.2. The number of nitrogens with one attached hydrogen (secondary N) is 1. The van der Waals surface area contributed by atoms with Gasteiger partial charge in [-0.2, -0.15) is 0 Å². The van der Waals surface area contributed by atoms with E-state index in [1.54, 1.807) is 24.3 Å². The molecule has 6 heteroatoms. The van der Waals surface area contributed by atoms with E-state index in [0.29, 0.717) is 17.7 Å². The zero-order chi connectivity index (χ0) is 23.3. The molecule has 172 valence electrons. The topological polar surface area (TPSA) is 66.5 Å². The van der Waals surface area contributed by atoms with Crippen LogP contribution in [0.5, 0.6) is 0 Å². The summed E-state index contributed by atoms with van der Waals surface area (Å²) in [6, 6.07) is 23.5. The Balaban J connectivity index is 1.44. The largest absolute Gasteiger partial charge is 0.348 e. The van der Waals surface area contributed by atoms with E-state index in [2.05, 4.69) is 40.5 Å². The first kappa shape index (κ1) is 23.2. The van der Waals surface area contributed by atoms with Gasteiger partial charge in [0, 0.05) is 24.9 Å². The molecule has 33 heavy (non-hydrogen) atoms. The number of hydrogen-bond acceptors (Lipinski definition) is 4. The van der Waals surface area contributed by atoms with Gasteiger partial charge in [-0.25, -0.2) is 8.42 Å². The van der Waals surface area contributed by atoms with Gasteiger partial charge in [-0.15, -0.1) is 0 Å². The predicted octanol–water partition coefficient (Wildman–Crippen LogP) is 4.42. The summed E-state index contributed by atoms with van der Waals surface area (Å²) in [5, 5.41) is 2.98. The van der Waals surface area contributed by atoms with Crippen LogP contribution in [0.1, 0.15) is 39.9 Å². The Hall–Kier alpha value is -2.96. The van der Waals surface area contributed by atoms with Gasteiger partial charge in [-0.05, 0) is 65.9 Å². The molecule has 1 heterocycles. The minimum atomic E-state index is -3.16. The predicted molar refractivity (Wildman–Crippen MR) is 133 cm³/mol. The first-order valence-electron chi connectivity index (χ1n) is 11.3. The van der Waals surface area contributed by atoms with Gasteiger partial charge in [-0.3, -0.25) is 9.69 Å². The first-order chi connectivity index (χ1) is 15.9. The van der Waals surface area contributed by atoms with Crippen LogP contribution in [0.25, 0.3) is 11.1 Å². The smallest absolute Gasteiger partial charge is 0.251 e. The van der Waals surface area contributed by atoms with Crippen molar-refractivity contribution in [2.24, 2.45) is 0 Å². The quantitative estimate of drug-likeness (QED) is 0.538. The second-order valence-electron chi connectivity index (χ2n) is 8.79. The van der Waals surface area contributed by atoms with Gasteiger partial charge in [-0.1, -0.05) is 60.7 Å². The third-order valence-corrected chi connectivity index (χ3v) is 6.80. The lowest BCUT2D eigenvalue weighted by Crippen LogP contribution is -2.23. The van der Waals surface area contributed by atoms with Crippen LogP contribution in [-0.2, 0) is 28.7 Å². The molecule has 1 N–H and O–H groups in total. The Bertz CT molecular complexity index is 1210. The highest BCUT2D eigenvalue weighted by molar-refractivity contribution is 7.89. The SMILES string of the molecule is CS(=O)(=O)Cc1cccc(C(=O)NCc2ccccc2-c2ccc(CN3CCCC3)cc2)c1. The number of nitrogens with zero attached hydrogens (tertiary/aromatic N) is 1. The Morgan fingerprint density at radius 3 is 2.36 bits per heavy atom. The number of hydrogen-bond donors (Lipinski definition) is 1. The number of carbonyl (C=O) groups excluding carboxylic acids is 1. The molecule has 1 saturated heterocycles. The monoisotopic (exact) mass is 462 g/mol. The van der Waals surface area contributed by atoms with Crippen molar-refractivity contribution in [3.05, 3.63) is 95.1 Å². The molecule has 5 nitrogen and oxygen atoms in total. The van der Waals surface area contributed by atoms with Gasteiger partial charge >= 0.3 is 0 Å². The number of likely N-dealkylation sites (tertiary alicyclic amines) is 1. The van der Waals surface area contributed by atoms with Crippen LogP contribution < -0.4 is 5.32 Å². The van der Waals surface area contributed by atoms with Crippen molar-refractivity contribution in [2.45, 2.75) is 31.7 Å². The van der Waals surface area contributed by atoms with Crippen LogP contribution in [0.3, 0.4) is 0 Å². The highest BCUT2D eigenvalue weighted by atomic mass is 32.2. The molecule has 1 aliphatic rings. The van der Waals surface area contributed by atoms with Crippen molar-refractivity contribution in [3.8, 4) is 11.1 Å². The van der Waals surface area contributed by atoms with Crippen LogP contribution in [0.15, 0.2) is 72.8 Å². The highest BCUT2D eigenvalue weighted by Crippen LogP contribution is 2.25. The van der Waals surface area contributed by atoms with Crippen molar-refractivity contribution in [1.29, 1.82) is 0 Å². The minimum Gasteiger partial charge on any atom is -0.348 e. The average Bonchev–Trinajstić information content (AvgIpc) is 3.30. The third kappa shape index (κ3) is 6.53. The van der Waals surface area contributed by atoms with Crippen molar-refractivity contribution in [1.82, 2.24) is 10.2 Å². The van der Waals surface area contributed by atoms with E-state index in [-0.39, 0.29) is 11.7 Å². The summed E-state index contributed by atoms with van der Waals surface area (Å²) in [7, 11) is -3.16. The lowest BCUT2D eigenvalue weighted by molar-refractivity contribution is 0.0951. The normalized spacial score (nSPS) is 14.3.